The Bertz CT molecular complexity index is 212. The van der Waals surface area contributed by atoms with Gasteiger partial charge >= 0.3 is 0 Å². The highest BCUT2D eigenvalue weighted by Gasteiger charge is 1.94. The highest BCUT2D eigenvalue weighted by molar-refractivity contribution is 7.99. The zero-order chi connectivity index (χ0) is 8.10. The smallest absolute Gasteiger partial charge is 0.187 e. The van der Waals surface area contributed by atoms with E-state index < -0.39 is 0 Å². The Labute approximate surface area is 70.2 Å². The summed E-state index contributed by atoms with van der Waals surface area (Å²) in [6, 6.07) is 0. The first-order chi connectivity index (χ1) is 5.36. The van der Waals surface area contributed by atoms with Gasteiger partial charge in [-0.2, -0.15) is 0 Å². The highest BCUT2D eigenvalue weighted by atomic mass is 32.2. The maximum Gasteiger partial charge on any atom is 0.187 e. The number of thioether (sulfide) groups is 1. The maximum absolute atomic E-state index is 4.91. The minimum absolute atomic E-state index is 0.699. The summed E-state index contributed by atoms with van der Waals surface area (Å²) in [6.07, 6.45) is 3.34. The van der Waals surface area contributed by atoms with E-state index in [1.54, 1.807) is 31.3 Å². The van der Waals surface area contributed by atoms with Crippen molar-refractivity contribution in [3.8, 4) is 5.75 Å². The number of ether oxygens (including phenoxy) is 1. The van der Waals surface area contributed by atoms with Crippen LogP contribution in [0, 0.1) is 0 Å². The number of nitrogens with zero attached hydrogens (tertiary/aromatic N) is 2. The summed E-state index contributed by atoms with van der Waals surface area (Å²) in [5, 5.41) is 0.799. The van der Waals surface area contributed by atoms with E-state index >= 15 is 0 Å². The number of aromatic nitrogens is 2. The van der Waals surface area contributed by atoms with Crippen molar-refractivity contribution in [2.75, 3.05) is 12.9 Å². The predicted octanol–water partition coefficient (Wildman–Crippen LogP) is 1.60. The second kappa shape index (κ2) is 4.18. The summed E-state index contributed by atoms with van der Waals surface area (Å²) >= 11 is 1.62. The second-order valence-corrected chi connectivity index (χ2v) is 3.07. The quantitative estimate of drug-likeness (QED) is 0.510. The van der Waals surface area contributed by atoms with Crippen molar-refractivity contribution in [3.05, 3.63) is 12.4 Å². The van der Waals surface area contributed by atoms with Gasteiger partial charge in [0.1, 0.15) is 0 Å². The van der Waals surface area contributed by atoms with Gasteiger partial charge in [-0.3, -0.25) is 0 Å². The zero-order valence-electron chi connectivity index (χ0n) is 6.57. The highest BCUT2D eigenvalue weighted by Crippen LogP contribution is 2.13. The average Bonchev–Trinajstić information content (AvgIpc) is 2.07. The van der Waals surface area contributed by atoms with E-state index in [4.69, 9.17) is 4.74 Å². The van der Waals surface area contributed by atoms with Gasteiger partial charge in [-0.25, -0.2) is 9.97 Å². The SMILES string of the molecule is CCSc1ncc(OC)cn1. The van der Waals surface area contributed by atoms with Crippen LogP contribution in [0.4, 0.5) is 0 Å². The van der Waals surface area contributed by atoms with Crippen LogP contribution in [0.15, 0.2) is 17.6 Å². The lowest BCUT2D eigenvalue weighted by Gasteiger charge is -1.98. The molecule has 1 aromatic rings. The van der Waals surface area contributed by atoms with Crippen LogP contribution in [0.1, 0.15) is 6.92 Å². The van der Waals surface area contributed by atoms with Crippen molar-refractivity contribution in [1.82, 2.24) is 9.97 Å². The zero-order valence-corrected chi connectivity index (χ0v) is 7.39. The molecule has 1 aromatic heterocycles. The predicted molar refractivity (Wildman–Crippen MR) is 45.0 cm³/mol. The Kier molecular flexibility index (Phi) is 3.16. The van der Waals surface area contributed by atoms with Gasteiger partial charge in [0.25, 0.3) is 0 Å². The van der Waals surface area contributed by atoms with Gasteiger partial charge in [-0.15, -0.1) is 0 Å². The molecule has 3 nitrogen and oxygen atoms in total. The van der Waals surface area contributed by atoms with E-state index in [2.05, 4.69) is 16.9 Å². The van der Waals surface area contributed by atoms with E-state index in [0.29, 0.717) is 5.75 Å². The molecule has 0 atom stereocenters. The molecule has 0 spiro atoms. The fourth-order valence-electron chi connectivity index (χ4n) is 0.613. The van der Waals surface area contributed by atoms with Crippen LogP contribution in [-0.2, 0) is 0 Å². The Morgan fingerprint density at radius 1 is 1.45 bits per heavy atom. The molecule has 1 heterocycles. The molecule has 11 heavy (non-hydrogen) atoms. The van der Waals surface area contributed by atoms with Crippen molar-refractivity contribution in [1.29, 1.82) is 0 Å². The van der Waals surface area contributed by atoms with Crippen molar-refractivity contribution in [2.45, 2.75) is 12.1 Å². The standard InChI is InChI=1S/C7H10N2OS/c1-3-11-7-8-4-6(10-2)5-9-7/h4-5H,3H2,1-2H3. The fourth-order valence-corrected chi connectivity index (χ4v) is 1.13. The van der Waals surface area contributed by atoms with Gasteiger partial charge < -0.3 is 4.74 Å². The normalized spacial score (nSPS) is 9.64. The van der Waals surface area contributed by atoms with Crippen molar-refractivity contribution in [2.24, 2.45) is 0 Å². The molecule has 1 rings (SSSR count). The lowest BCUT2D eigenvalue weighted by Crippen LogP contribution is -1.88. The second-order valence-electron chi connectivity index (χ2n) is 1.84. The molecular weight excluding hydrogens is 160 g/mol. The molecule has 0 unspecified atom stereocenters. The van der Waals surface area contributed by atoms with Crippen LogP contribution < -0.4 is 4.74 Å². The number of hydrogen-bond donors (Lipinski definition) is 0. The minimum atomic E-state index is 0.699. The van der Waals surface area contributed by atoms with Gasteiger partial charge in [0.2, 0.25) is 0 Å². The molecule has 0 aliphatic rings. The molecule has 0 aromatic carbocycles. The molecule has 0 N–H and O–H groups in total. The fraction of sp³-hybridized carbons (Fsp3) is 0.429. The molecule has 0 radical (unpaired) electrons. The summed E-state index contributed by atoms with van der Waals surface area (Å²) < 4.78 is 4.91. The third-order valence-electron chi connectivity index (χ3n) is 1.11. The minimum Gasteiger partial charge on any atom is -0.494 e. The molecule has 0 bridgehead atoms. The third kappa shape index (κ3) is 2.38. The lowest BCUT2D eigenvalue weighted by molar-refractivity contribution is 0.409. The van der Waals surface area contributed by atoms with Crippen LogP contribution >= 0.6 is 11.8 Å². The molecule has 0 saturated heterocycles. The molecular formula is C7H10N2OS. The number of methoxy groups -OCH3 is 1. The molecule has 0 saturated carbocycles. The van der Waals surface area contributed by atoms with Gasteiger partial charge in [-0.05, 0) is 5.75 Å². The van der Waals surface area contributed by atoms with Crippen molar-refractivity contribution in [3.63, 3.8) is 0 Å². The lowest BCUT2D eigenvalue weighted by atomic mass is 10.6. The Hall–Kier alpha value is -0.770. The Morgan fingerprint density at radius 2 is 2.09 bits per heavy atom. The summed E-state index contributed by atoms with van der Waals surface area (Å²) in [4.78, 5) is 8.13. The summed E-state index contributed by atoms with van der Waals surface area (Å²) in [5.41, 5.74) is 0. The maximum atomic E-state index is 4.91. The largest absolute Gasteiger partial charge is 0.494 e. The Balaban J connectivity index is 2.66. The van der Waals surface area contributed by atoms with Crippen LogP contribution in [-0.4, -0.2) is 22.8 Å². The number of hydrogen-bond acceptors (Lipinski definition) is 4. The van der Waals surface area contributed by atoms with Gasteiger partial charge in [0.05, 0.1) is 19.5 Å². The van der Waals surface area contributed by atoms with Crippen LogP contribution in [0.3, 0.4) is 0 Å². The van der Waals surface area contributed by atoms with Crippen molar-refractivity contribution >= 4 is 11.8 Å². The number of rotatable bonds is 3. The van der Waals surface area contributed by atoms with E-state index in [1.807, 2.05) is 0 Å². The van der Waals surface area contributed by atoms with Gasteiger partial charge in [0.15, 0.2) is 10.9 Å². The summed E-state index contributed by atoms with van der Waals surface area (Å²) in [5.74, 6) is 1.69. The van der Waals surface area contributed by atoms with Crippen LogP contribution in [0.25, 0.3) is 0 Å². The monoisotopic (exact) mass is 170 g/mol. The summed E-state index contributed by atoms with van der Waals surface area (Å²) in [6.45, 7) is 2.07. The topological polar surface area (TPSA) is 35.0 Å². The van der Waals surface area contributed by atoms with E-state index in [1.165, 1.54) is 0 Å². The first-order valence-electron chi connectivity index (χ1n) is 3.35. The van der Waals surface area contributed by atoms with Crippen molar-refractivity contribution < 1.29 is 4.74 Å². The third-order valence-corrected chi connectivity index (χ3v) is 1.87. The average molecular weight is 170 g/mol. The molecule has 4 heteroatoms. The van der Waals surface area contributed by atoms with Gasteiger partial charge in [0, 0.05) is 0 Å². The molecule has 60 valence electrons. The molecule has 0 fully saturated rings. The first-order valence-corrected chi connectivity index (χ1v) is 4.34. The van der Waals surface area contributed by atoms with Gasteiger partial charge in [-0.1, -0.05) is 18.7 Å². The van der Waals surface area contributed by atoms with Crippen LogP contribution in [0.2, 0.25) is 0 Å². The van der Waals surface area contributed by atoms with Crippen LogP contribution in [0.5, 0.6) is 5.75 Å². The van der Waals surface area contributed by atoms with E-state index in [9.17, 15) is 0 Å². The van der Waals surface area contributed by atoms with E-state index in [0.717, 1.165) is 10.9 Å². The molecule has 0 aliphatic heterocycles. The Morgan fingerprint density at radius 3 is 2.55 bits per heavy atom. The first kappa shape index (κ1) is 8.33. The van der Waals surface area contributed by atoms with E-state index in [-0.39, 0.29) is 0 Å². The molecule has 0 amide bonds. The molecule has 0 aliphatic carbocycles. The summed E-state index contributed by atoms with van der Waals surface area (Å²) in [7, 11) is 1.60.